The van der Waals surface area contributed by atoms with Gasteiger partial charge in [-0.05, 0) is 31.5 Å². The Morgan fingerprint density at radius 3 is 2.71 bits per heavy atom. The minimum Gasteiger partial charge on any atom is -0.337 e. The summed E-state index contributed by atoms with van der Waals surface area (Å²) >= 11 is 5.23. The molecule has 2 aliphatic rings. The van der Waals surface area contributed by atoms with Gasteiger partial charge in [-0.25, -0.2) is 0 Å². The number of rotatable bonds is 1. The van der Waals surface area contributed by atoms with Crippen molar-refractivity contribution in [3.63, 3.8) is 0 Å². The second kappa shape index (κ2) is 7.36. The van der Waals surface area contributed by atoms with Gasteiger partial charge >= 0.3 is 0 Å². The zero-order valence-electron chi connectivity index (χ0n) is 17.4. The highest BCUT2D eigenvalue weighted by Gasteiger charge is 2.30. The molecule has 7 heteroatoms. The summed E-state index contributed by atoms with van der Waals surface area (Å²) in [6.07, 6.45) is 2.13. The van der Waals surface area contributed by atoms with Gasteiger partial charge in [-0.3, -0.25) is 9.36 Å². The molecule has 2 aromatic carbocycles. The fourth-order valence-corrected chi connectivity index (χ4v) is 8.47. The summed E-state index contributed by atoms with van der Waals surface area (Å²) in [4.78, 5) is 16.9. The molecule has 156 valence electrons. The van der Waals surface area contributed by atoms with E-state index in [1.54, 1.807) is 23.1 Å². The largest absolute Gasteiger partial charge is 0.337 e. The summed E-state index contributed by atoms with van der Waals surface area (Å²) in [5.74, 6) is 0. The summed E-state index contributed by atoms with van der Waals surface area (Å²) in [5, 5.41) is 2.36. The highest BCUT2D eigenvalue weighted by atomic mass is 32.2. The summed E-state index contributed by atoms with van der Waals surface area (Å²) in [6, 6.07) is 17.0. The lowest BCUT2D eigenvalue weighted by atomic mass is 10.1. The van der Waals surface area contributed by atoms with Crippen molar-refractivity contribution < 1.29 is 4.57 Å². The molecule has 0 aliphatic carbocycles. The van der Waals surface area contributed by atoms with Crippen molar-refractivity contribution in [1.82, 2.24) is 4.57 Å². The zero-order chi connectivity index (χ0) is 21.1. The lowest BCUT2D eigenvalue weighted by Gasteiger charge is -2.11. The van der Waals surface area contributed by atoms with Crippen LogP contribution in [0.15, 0.2) is 58.2 Å². The molecule has 0 bridgehead atoms. The van der Waals surface area contributed by atoms with E-state index in [0.717, 1.165) is 33.6 Å². The number of hydrogen-bond donors (Lipinski definition) is 0. The Morgan fingerprint density at radius 1 is 1.06 bits per heavy atom. The number of fused-ring (bicyclic) bond motifs is 4. The molecule has 0 saturated carbocycles. The second-order valence-electron chi connectivity index (χ2n) is 7.83. The van der Waals surface area contributed by atoms with Gasteiger partial charge in [0.15, 0.2) is 6.54 Å². The van der Waals surface area contributed by atoms with Crippen LogP contribution in [0.3, 0.4) is 0 Å². The number of para-hydroxylation sites is 2. The third-order valence-electron chi connectivity index (χ3n) is 6.06. The van der Waals surface area contributed by atoms with Crippen LogP contribution in [0.4, 0.5) is 5.69 Å². The van der Waals surface area contributed by atoms with Crippen molar-refractivity contribution in [2.75, 3.05) is 11.9 Å². The van der Waals surface area contributed by atoms with Crippen LogP contribution in [0.5, 0.6) is 0 Å². The first-order valence-corrected chi connectivity index (χ1v) is 13.0. The van der Waals surface area contributed by atoms with Crippen LogP contribution in [0.2, 0.25) is 0 Å². The van der Waals surface area contributed by atoms with E-state index in [9.17, 15) is 4.79 Å². The van der Waals surface area contributed by atoms with Crippen LogP contribution >= 0.6 is 34.4 Å². The summed E-state index contributed by atoms with van der Waals surface area (Å²) < 4.78 is 7.73. The Kier molecular flexibility index (Phi) is 4.59. The highest BCUT2D eigenvalue weighted by molar-refractivity contribution is 8.08. The third-order valence-corrected chi connectivity index (χ3v) is 9.89. The summed E-state index contributed by atoms with van der Waals surface area (Å²) in [7, 11) is 2.07. The number of thioether (sulfide) groups is 1. The molecule has 0 amide bonds. The number of anilines is 1. The van der Waals surface area contributed by atoms with Crippen molar-refractivity contribution in [3.8, 4) is 0 Å². The lowest BCUT2D eigenvalue weighted by molar-refractivity contribution is -0.672. The standard InChI is InChI=1S/C24H22N3OS3/c1-3-26-21(28)20(24-25(2)16-10-4-6-12-18(16)30-24)31-22(26)15-9-8-14-27-17-11-5-7-13-19(17)29-23(15)27/h4-7,10-13H,3,8-9,14H2,1-2H3/q+1. The Bertz CT molecular complexity index is 1530. The van der Waals surface area contributed by atoms with Crippen LogP contribution in [-0.4, -0.2) is 11.6 Å². The molecule has 0 spiro atoms. The lowest BCUT2D eigenvalue weighted by Crippen LogP contribution is -2.41. The van der Waals surface area contributed by atoms with Crippen molar-refractivity contribution >= 4 is 60.9 Å². The maximum atomic E-state index is 13.5. The number of hydrogen-bond acceptors (Lipinski definition) is 5. The first kappa shape index (κ1) is 19.3. The Labute approximate surface area is 192 Å². The Balaban J connectivity index is 1.65. The predicted molar refractivity (Wildman–Crippen MR) is 131 cm³/mol. The van der Waals surface area contributed by atoms with E-state index in [2.05, 4.69) is 72.0 Å². The van der Waals surface area contributed by atoms with E-state index in [1.165, 1.54) is 31.4 Å². The second-order valence-corrected chi connectivity index (χ2v) is 10.9. The molecule has 4 aromatic rings. The van der Waals surface area contributed by atoms with Gasteiger partial charge in [0.25, 0.3) is 10.6 Å². The molecule has 0 N–H and O–H groups in total. The summed E-state index contributed by atoms with van der Waals surface area (Å²) in [5.41, 5.74) is 3.94. The maximum absolute atomic E-state index is 13.5. The van der Waals surface area contributed by atoms with Gasteiger partial charge < -0.3 is 4.90 Å². The topological polar surface area (TPSA) is 29.1 Å². The van der Waals surface area contributed by atoms with Crippen molar-refractivity contribution in [1.29, 1.82) is 0 Å². The predicted octanol–water partition coefficient (Wildman–Crippen LogP) is 3.73. The minimum atomic E-state index is 0.135. The van der Waals surface area contributed by atoms with Gasteiger partial charge in [-0.2, -0.15) is 4.57 Å². The van der Waals surface area contributed by atoms with E-state index in [1.807, 2.05) is 15.9 Å². The fraction of sp³-hybridized carbons (Fsp3) is 0.250. The van der Waals surface area contributed by atoms with Crippen molar-refractivity contribution in [3.05, 3.63) is 73.1 Å². The first-order chi connectivity index (χ1) is 15.2. The molecule has 0 radical (unpaired) electrons. The van der Waals surface area contributed by atoms with Gasteiger partial charge in [-0.1, -0.05) is 47.4 Å². The molecule has 31 heavy (non-hydrogen) atoms. The third kappa shape index (κ3) is 2.87. The molecule has 2 aromatic heterocycles. The van der Waals surface area contributed by atoms with E-state index in [0.29, 0.717) is 6.54 Å². The van der Waals surface area contributed by atoms with Gasteiger partial charge in [-0.15, -0.1) is 11.3 Å². The molecule has 0 fully saturated rings. The number of nitrogens with zero attached hydrogens (tertiary/aromatic N) is 3. The fourth-order valence-electron chi connectivity index (χ4n) is 4.56. The van der Waals surface area contributed by atoms with Crippen LogP contribution in [-0.2, 0) is 13.1 Å². The summed E-state index contributed by atoms with van der Waals surface area (Å²) in [6.45, 7) is 3.81. The van der Waals surface area contributed by atoms with Gasteiger partial charge in [0, 0.05) is 31.0 Å². The molecule has 2 aliphatic heterocycles. The molecule has 0 unspecified atom stereocenters. The number of benzene rings is 2. The molecular formula is C24H22N3OS3+. The Hall–Kier alpha value is -2.35. The Morgan fingerprint density at radius 2 is 1.87 bits per heavy atom. The SMILES string of the molecule is CCn1c(=O)c(=C2Sc3ccccc3N2C)s/c1=C1\CCC[n+]2c1sc1ccccc12. The molecule has 0 saturated heterocycles. The van der Waals surface area contributed by atoms with E-state index in [-0.39, 0.29) is 5.56 Å². The van der Waals surface area contributed by atoms with E-state index >= 15 is 0 Å². The van der Waals surface area contributed by atoms with Crippen LogP contribution in [0.1, 0.15) is 24.8 Å². The van der Waals surface area contributed by atoms with Crippen molar-refractivity contribution in [2.24, 2.45) is 0 Å². The first-order valence-electron chi connectivity index (χ1n) is 10.6. The highest BCUT2D eigenvalue weighted by Crippen LogP contribution is 2.45. The molecule has 0 atom stereocenters. The van der Waals surface area contributed by atoms with Gasteiger partial charge in [0.2, 0.25) is 5.52 Å². The van der Waals surface area contributed by atoms with Gasteiger partial charge in [0.1, 0.15) is 18.9 Å². The van der Waals surface area contributed by atoms with Gasteiger partial charge in [0.05, 0.1) is 11.3 Å². The minimum absolute atomic E-state index is 0.135. The average molecular weight is 465 g/mol. The quantitative estimate of drug-likeness (QED) is 0.402. The van der Waals surface area contributed by atoms with E-state index in [4.69, 9.17) is 0 Å². The maximum Gasteiger partial charge on any atom is 0.271 e. The molecule has 4 nitrogen and oxygen atoms in total. The van der Waals surface area contributed by atoms with Crippen LogP contribution in [0.25, 0.3) is 20.8 Å². The molecule has 6 rings (SSSR count). The number of aromatic nitrogens is 2. The van der Waals surface area contributed by atoms with E-state index < -0.39 is 0 Å². The number of thiazole rings is 2. The zero-order valence-corrected chi connectivity index (χ0v) is 19.9. The number of aryl methyl sites for hydroxylation is 1. The monoisotopic (exact) mass is 464 g/mol. The molecular weight excluding hydrogens is 442 g/mol. The van der Waals surface area contributed by atoms with Crippen molar-refractivity contribution in [2.45, 2.75) is 37.8 Å². The van der Waals surface area contributed by atoms with Crippen LogP contribution < -0.4 is 24.2 Å². The molecule has 4 heterocycles. The average Bonchev–Trinajstić information content (AvgIpc) is 3.45. The smallest absolute Gasteiger partial charge is 0.271 e. The van der Waals surface area contributed by atoms with Crippen LogP contribution in [0, 0.1) is 0 Å². The normalized spacial score (nSPS) is 19.1.